The van der Waals surface area contributed by atoms with Crippen LogP contribution in [0.5, 0.6) is 0 Å². The number of imidazole rings is 1. The fourth-order valence-electron chi connectivity index (χ4n) is 4.13. The van der Waals surface area contributed by atoms with Gasteiger partial charge in [-0.15, -0.1) is 0 Å². The summed E-state index contributed by atoms with van der Waals surface area (Å²) in [5.41, 5.74) is 3.68. The Morgan fingerprint density at radius 2 is 1.42 bits per heavy atom. The van der Waals surface area contributed by atoms with E-state index >= 15 is 0 Å². The fraction of sp³-hybridized carbons (Fsp3) is 0.0385. The van der Waals surface area contributed by atoms with Gasteiger partial charge in [-0.25, -0.2) is 15.0 Å². The van der Waals surface area contributed by atoms with E-state index in [0.29, 0.717) is 18.0 Å². The summed E-state index contributed by atoms with van der Waals surface area (Å²) in [6.45, 7) is 0.654. The van der Waals surface area contributed by atoms with Gasteiger partial charge in [0.05, 0.1) is 6.33 Å². The molecule has 0 aliphatic rings. The summed E-state index contributed by atoms with van der Waals surface area (Å²) in [7, 11) is 0. The number of nitrogens with one attached hydrogen (secondary N) is 2. The van der Waals surface area contributed by atoms with Gasteiger partial charge in [-0.1, -0.05) is 84.9 Å². The minimum absolute atomic E-state index is 0.651. The first-order valence-corrected chi connectivity index (χ1v) is 10.3. The van der Waals surface area contributed by atoms with E-state index in [9.17, 15) is 0 Å². The minimum Gasteiger partial charge on any atom is -0.364 e. The zero-order chi connectivity index (χ0) is 20.6. The van der Waals surface area contributed by atoms with Crippen molar-refractivity contribution in [3.63, 3.8) is 0 Å². The van der Waals surface area contributed by atoms with E-state index in [-0.39, 0.29) is 0 Å². The number of aromatic amines is 1. The van der Waals surface area contributed by atoms with Gasteiger partial charge < -0.3 is 10.3 Å². The lowest BCUT2D eigenvalue weighted by molar-refractivity contribution is 1.11. The SMILES string of the molecule is c1ccc2c(CNc3nc(-c4cccc5ccccc45)nc4nc[nH]c34)cccc2c1. The predicted molar refractivity (Wildman–Crippen MR) is 126 cm³/mol. The Kier molecular flexibility index (Phi) is 4.10. The van der Waals surface area contributed by atoms with Gasteiger partial charge >= 0.3 is 0 Å². The second-order valence-corrected chi connectivity index (χ2v) is 7.52. The maximum Gasteiger partial charge on any atom is 0.183 e. The Hall–Kier alpha value is -4.25. The van der Waals surface area contributed by atoms with Crippen molar-refractivity contribution in [2.24, 2.45) is 0 Å². The molecule has 0 aliphatic heterocycles. The molecule has 6 aromatic rings. The molecule has 0 aliphatic carbocycles. The summed E-state index contributed by atoms with van der Waals surface area (Å²) >= 11 is 0. The molecule has 0 spiro atoms. The summed E-state index contributed by atoms with van der Waals surface area (Å²) < 4.78 is 0. The van der Waals surface area contributed by atoms with Crippen molar-refractivity contribution in [3.8, 4) is 11.4 Å². The van der Waals surface area contributed by atoms with Crippen LogP contribution in [0, 0.1) is 0 Å². The highest BCUT2D eigenvalue weighted by molar-refractivity contribution is 5.96. The first kappa shape index (κ1) is 17.6. The maximum absolute atomic E-state index is 4.90. The zero-order valence-electron chi connectivity index (χ0n) is 16.7. The summed E-state index contributed by atoms with van der Waals surface area (Å²) in [6.07, 6.45) is 1.66. The molecule has 0 bridgehead atoms. The molecular weight excluding hydrogens is 382 g/mol. The predicted octanol–water partition coefficient (Wildman–Crippen LogP) is 5.94. The van der Waals surface area contributed by atoms with Crippen LogP contribution >= 0.6 is 0 Å². The number of hydrogen-bond acceptors (Lipinski definition) is 4. The van der Waals surface area contributed by atoms with E-state index in [0.717, 1.165) is 27.7 Å². The van der Waals surface area contributed by atoms with Crippen LogP contribution in [-0.4, -0.2) is 19.9 Å². The fourth-order valence-corrected chi connectivity index (χ4v) is 4.13. The smallest absolute Gasteiger partial charge is 0.183 e. The average Bonchev–Trinajstić information content (AvgIpc) is 3.31. The van der Waals surface area contributed by atoms with Gasteiger partial charge in [0.2, 0.25) is 0 Å². The van der Waals surface area contributed by atoms with Crippen molar-refractivity contribution < 1.29 is 0 Å². The van der Waals surface area contributed by atoms with Gasteiger partial charge in [0, 0.05) is 12.1 Å². The van der Waals surface area contributed by atoms with Crippen molar-refractivity contribution in [2.45, 2.75) is 6.54 Å². The summed E-state index contributed by atoms with van der Waals surface area (Å²) in [5, 5.41) is 8.27. The third kappa shape index (κ3) is 3.07. The number of fused-ring (bicyclic) bond motifs is 3. The summed E-state index contributed by atoms with van der Waals surface area (Å²) in [5.74, 6) is 1.41. The van der Waals surface area contributed by atoms with E-state index in [2.05, 4.69) is 82.0 Å². The third-order valence-corrected chi connectivity index (χ3v) is 5.64. The lowest BCUT2D eigenvalue weighted by Gasteiger charge is -2.11. The molecule has 0 saturated heterocycles. The van der Waals surface area contributed by atoms with E-state index < -0.39 is 0 Å². The Morgan fingerprint density at radius 1 is 0.710 bits per heavy atom. The molecule has 0 unspecified atom stereocenters. The topological polar surface area (TPSA) is 66.5 Å². The highest BCUT2D eigenvalue weighted by atomic mass is 15.1. The van der Waals surface area contributed by atoms with Crippen LogP contribution in [0.25, 0.3) is 44.1 Å². The van der Waals surface area contributed by atoms with Gasteiger partial charge in [-0.3, -0.25) is 0 Å². The van der Waals surface area contributed by atoms with E-state index in [1.54, 1.807) is 6.33 Å². The van der Waals surface area contributed by atoms with Crippen molar-refractivity contribution >= 4 is 38.5 Å². The van der Waals surface area contributed by atoms with E-state index in [4.69, 9.17) is 9.97 Å². The normalized spacial score (nSPS) is 11.4. The maximum atomic E-state index is 4.90. The third-order valence-electron chi connectivity index (χ3n) is 5.64. The molecule has 5 nitrogen and oxygen atoms in total. The summed E-state index contributed by atoms with van der Waals surface area (Å²) in [6, 6.07) is 29.3. The molecule has 2 aromatic heterocycles. The molecule has 31 heavy (non-hydrogen) atoms. The first-order valence-electron chi connectivity index (χ1n) is 10.3. The van der Waals surface area contributed by atoms with Gasteiger partial charge in [-0.2, -0.15) is 0 Å². The standard InChI is InChI=1S/C26H19N5/c1-3-12-20-17(7-1)9-5-11-19(20)15-27-25-23-26(29-16-28-23)31-24(30-25)22-14-6-10-18-8-2-4-13-21(18)22/h1-14,16H,15H2,(H2,27,28,29,30,31). The van der Waals surface area contributed by atoms with Crippen LogP contribution in [-0.2, 0) is 6.54 Å². The second kappa shape index (κ2) is 7.22. The monoisotopic (exact) mass is 401 g/mol. The van der Waals surface area contributed by atoms with Gasteiger partial charge in [0.25, 0.3) is 0 Å². The van der Waals surface area contributed by atoms with E-state index in [1.165, 1.54) is 16.3 Å². The molecule has 5 heteroatoms. The first-order chi connectivity index (χ1) is 15.4. The number of hydrogen-bond donors (Lipinski definition) is 2. The van der Waals surface area contributed by atoms with Crippen LogP contribution < -0.4 is 5.32 Å². The summed E-state index contributed by atoms with van der Waals surface area (Å²) in [4.78, 5) is 17.2. The van der Waals surface area contributed by atoms with Crippen LogP contribution in [0.2, 0.25) is 0 Å². The Labute approximate surface area is 178 Å². The minimum atomic E-state index is 0.651. The molecule has 0 fully saturated rings. The van der Waals surface area contributed by atoms with Gasteiger partial charge in [0.1, 0.15) is 5.52 Å². The quantitative estimate of drug-likeness (QED) is 0.384. The highest BCUT2D eigenvalue weighted by Crippen LogP contribution is 2.29. The number of benzene rings is 4. The number of rotatable bonds is 4. The Morgan fingerprint density at radius 3 is 2.29 bits per heavy atom. The Bertz CT molecular complexity index is 1540. The van der Waals surface area contributed by atoms with Crippen LogP contribution in [0.1, 0.15) is 5.56 Å². The molecule has 0 radical (unpaired) electrons. The second-order valence-electron chi connectivity index (χ2n) is 7.52. The van der Waals surface area contributed by atoms with Crippen LogP contribution in [0.15, 0.2) is 91.3 Å². The molecule has 4 aromatic carbocycles. The molecule has 148 valence electrons. The van der Waals surface area contributed by atoms with Gasteiger partial charge in [0.15, 0.2) is 17.3 Å². The molecule has 2 heterocycles. The molecule has 6 rings (SSSR count). The molecule has 0 amide bonds. The number of H-pyrrole nitrogens is 1. The average molecular weight is 401 g/mol. The number of aromatic nitrogens is 4. The van der Waals surface area contributed by atoms with Crippen molar-refractivity contribution in [3.05, 3.63) is 96.8 Å². The molecule has 2 N–H and O–H groups in total. The van der Waals surface area contributed by atoms with E-state index in [1.807, 2.05) is 18.2 Å². The number of nitrogens with zero attached hydrogens (tertiary/aromatic N) is 3. The van der Waals surface area contributed by atoms with Gasteiger partial charge in [-0.05, 0) is 27.1 Å². The lowest BCUT2D eigenvalue weighted by Crippen LogP contribution is -2.05. The molecule has 0 saturated carbocycles. The molecular formula is C26H19N5. The van der Waals surface area contributed by atoms with Crippen LogP contribution in [0.4, 0.5) is 5.82 Å². The lowest BCUT2D eigenvalue weighted by atomic mass is 10.0. The Balaban J connectivity index is 1.44. The molecule has 0 atom stereocenters. The largest absolute Gasteiger partial charge is 0.364 e. The van der Waals surface area contributed by atoms with Crippen LogP contribution in [0.3, 0.4) is 0 Å². The van der Waals surface area contributed by atoms with Crippen molar-refractivity contribution in [2.75, 3.05) is 5.32 Å². The van der Waals surface area contributed by atoms with Crippen molar-refractivity contribution in [1.82, 2.24) is 19.9 Å². The zero-order valence-corrected chi connectivity index (χ0v) is 16.7. The number of anilines is 1. The van der Waals surface area contributed by atoms with Crippen molar-refractivity contribution in [1.29, 1.82) is 0 Å². The highest BCUT2D eigenvalue weighted by Gasteiger charge is 2.13.